The average molecular weight is 320 g/mol. The molecule has 24 heavy (non-hydrogen) atoms. The zero-order valence-electron chi connectivity index (χ0n) is 14.1. The molecule has 0 radical (unpaired) electrons. The Balaban J connectivity index is 1.99. The van der Waals surface area contributed by atoms with Crippen molar-refractivity contribution in [3.63, 3.8) is 0 Å². The summed E-state index contributed by atoms with van der Waals surface area (Å²) in [4.78, 5) is 20.4. The predicted octanol–water partition coefficient (Wildman–Crippen LogP) is 3.60. The summed E-state index contributed by atoms with van der Waals surface area (Å²) < 4.78 is 1.75. The van der Waals surface area contributed by atoms with Crippen LogP contribution in [0.4, 0.5) is 0 Å². The van der Waals surface area contributed by atoms with E-state index in [2.05, 4.69) is 41.1 Å². The van der Waals surface area contributed by atoms with E-state index in [4.69, 9.17) is 0 Å². The molecule has 5 nitrogen and oxygen atoms in total. The van der Waals surface area contributed by atoms with E-state index in [1.165, 1.54) is 0 Å². The minimum Gasteiger partial charge on any atom is -0.306 e. The maximum atomic E-state index is 12.7. The van der Waals surface area contributed by atoms with Crippen LogP contribution >= 0.6 is 0 Å². The van der Waals surface area contributed by atoms with Crippen molar-refractivity contribution in [2.45, 2.75) is 39.0 Å². The summed E-state index contributed by atoms with van der Waals surface area (Å²) >= 11 is 0. The molecule has 122 valence electrons. The standard InChI is InChI=1S/C19H20N4O/c1-11(2)16-10-17-20-12(3)14-9-15(13-7-5-4-6-8-13)19(24)21-18(14)23(17)22-16/h4-7,9-11,13H,8H2,1-3H3,(H,21,24). The number of fused-ring (bicyclic) bond motifs is 3. The summed E-state index contributed by atoms with van der Waals surface area (Å²) in [6.45, 7) is 6.17. The van der Waals surface area contributed by atoms with Gasteiger partial charge in [0.15, 0.2) is 5.65 Å². The van der Waals surface area contributed by atoms with Crippen LogP contribution < -0.4 is 5.56 Å². The Kier molecular flexibility index (Phi) is 3.37. The van der Waals surface area contributed by atoms with Gasteiger partial charge < -0.3 is 4.98 Å². The zero-order valence-corrected chi connectivity index (χ0v) is 14.1. The van der Waals surface area contributed by atoms with Crippen molar-refractivity contribution in [1.29, 1.82) is 0 Å². The number of pyridine rings is 1. The second-order valence-corrected chi connectivity index (χ2v) is 6.66. The second-order valence-electron chi connectivity index (χ2n) is 6.66. The smallest absolute Gasteiger partial charge is 0.253 e. The van der Waals surface area contributed by atoms with Crippen LogP contribution in [0, 0.1) is 6.92 Å². The SMILES string of the molecule is Cc1nc2cc(C(C)C)nn2c2[nH]c(=O)c(C3C=CC=CC3)cc12. The lowest BCUT2D eigenvalue weighted by Gasteiger charge is -2.14. The number of nitrogens with zero attached hydrogens (tertiary/aromatic N) is 3. The van der Waals surface area contributed by atoms with Crippen LogP contribution in [0.2, 0.25) is 0 Å². The molecule has 0 bridgehead atoms. The van der Waals surface area contributed by atoms with Gasteiger partial charge in [-0.15, -0.1) is 0 Å². The molecular formula is C19H20N4O. The summed E-state index contributed by atoms with van der Waals surface area (Å²) in [5.74, 6) is 0.425. The largest absolute Gasteiger partial charge is 0.306 e. The third kappa shape index (κ3) is 2.28. The van der Waals surface area contributed by atoms with Gasteiger partial charge in [-0.1, -0.05) is 38.2 Å². The van der Waals surface area contributed by atoms with Gasteiger partial charge in [0.2, 0.25) is 0 Å². The van der Waals surface area contributed by atoms with Crippen molar-refractivity contribution >= 4 is 16.7 Å². The Hall–Kier alpha value is -2.69. The fourth-order valence-electron chi connectivity index (χ4n) is 3.21. The first-order valence-corrected chi connectivity index (χ1v) is 8.31. The van der Waals surface area contributed by atoms with Gasteiger partial charge in [0.25, 0.3) is 5.56 Å². The molecule has 0 fully saturated rings. The number of aromatic amines is 1. The molecule has 1 atom stereocenters. The molecule has 1 aliphatic carbocycles. The van der Waals surface area contributed by atoms with E-state index in [1.54, 1.807) is 4.52 Å². The van der Waals surface area contributed by atoms with E-state index >= 15 is 0 Å². The molecule has 0 saturated carbocycles. The first kappa shape index (κ1) is 14.9. The monoisotopic (exact) mass is 320 g/mol. The van der Waals surface area contributed by atoms with Crippen LogP contribution in [0.3, 0.4) is 0 Å². The molecule has 3 aromatic heterocycles. The Morgan fingerprint density at radius 2 is 2.12 bits per heavy atom. The molecular weight excluding hydrogens is 300 g/mol. The van der Waals surface area contributed by atoms with E-state index in [-0.39, 0.29) is 11.5 Å². The average Bonchev–Trinajstić information content (AvgIpc) is 3.00. The second kappa shape index (κ2) is 5.44. The number of H-pyrrole nitrogens is 1. The number of hydrogen-bond donors (Lipinski definition) is 1. The van der Waals surface area contributed by atoms with Gasteiger partial charge in [0.05, 0.1) is 11.4 Å². The van der Waals surface area contributed by atoms with Crippen molar-refractivity contribution in [2.24, 2.45) is 0 Å². The summed E-state index contributed by atoms with van der Waals surface area (Å²) in [5, 5.41) is 5.57. The van der Waals surface area contributed by atoms with Gasteiger partial charge in [0.1, 0.15) is 5.65 Å². The molecule has 1 N–H and O–H groups in total. The van der Waals surface area contributed by atoms with Gasteiger partial charge in [-0.2, -0.15) is 9.61 Å². The zero-order chi connectivity index (χ0) is 16.8. The molecule has 0 aliphatic heterocycles. The highest BCUT2D eigenvalue weighted by Crippen LogP contribution is 2.26. The molecule has 3 aromatic rings. The number of hydrogen-bond acceptors (Lipinski definition) is 3. The predicted molar refractivity (Wildman–Crippen MR) is 95.6 cm³/mol. The Bertz CT molecular complexity index is 1050. The Morgan fingerprint density at radius 1 is 1.29 bits per heavy atom. The summed E-state index contributed by atoms with van der Waals surface area (Å²) in [7, 11) is 0. The van der Waals surface area contributed by atoms with Gasteiger partial charge in [-0.3, -0.25) is 4.79 Å². The van der Waals surface area contributed by atoms with Crippen molar-refractivity contribution in [2.75, 3.05) is 0 Å². The lowest BCUT2D eigenvalue weighted by Crippen LogP contribution is -2.17. The summed E-state index contributed by atoms with van der Waals surface area (Å²) in [6, 6.07) is 3.96. The highest BCUT2D eigenvalue weighted by Gasteiger charge is 2.17. The molecule has 1 unspecified atom stereocenters. The van der Waals surface area contributed by atoms with E-state index < -0.39 is 0 Å². The van der Waals surface area contributed by atoms with Crippen LogP contribution in [-0.2, 0) is 0 Å². The number of nitrogens with one attached hydrogen (secondary N) is 1. The van der Waals surface area contributed by atoms with Crippen molar-refractivity contribution in [3.05, 3.63) is 63.7 Å². The molecule has 0 aromatic carbocycles. The first-order valence-electron chi connectivity index (χ1n) is 8.31. The normalized spacial score (nSPS) is 17.4. The van der Waals surface area contributed by atoms with Crippen molar-refractivity contribution < 1.29 is 0 Å². The fourth-order valence-corrected chi connectivity index (χ4v) is 3.21. The van der Waals surface area contributed by atoms with E-state index in [9.17, 15) is 4.79 Å². The highest BCUT2D eigenvalue weighted by molar-refractivity contribution is 5.80. The lowest BCUT2D eigenvalue weighted by molar-refractivity contribution is 0.789. The van der Waals surface area contributed by atoms with E-state index in [1.807, 2.05) is 31.2 Å². The number of aryl methyl sites for hydroxylation is 1. The van der Waals surface area contributed by atoms with Crippen LogP contribution in [0.1, 0.15) is 49.1 Å². The molecule has 3 heterocycles. The fraction of sp³-hybridized carbons (Fsp3) is 0.316. The summed E-state index contributed by atoms with van der Waals surface area (Å²) in [6.07, 6.45) is 9.01. The third-order valence-electron chi connectivity index (χ3n) is 4.61. The van der Waals surface area contributed by atoms with Crippen LogP contribution in [0.5, 0.6) is 0 Å². The molecule has 0 spiro atoms. The molecule has 0 saturated heterocycles. The molecule has 5 heteroatoms. The lowest BCUT2D eigenvalue weighted by atomic mass is 9.93. The van der Waals surface area contributed by atoms with Crippen molar-refractivity contribution in [1.82, 2.24) is 19.6 Å². The number of rotatable bonds is 2. The molecule has 4 rings (SSSR count). The van der Waals surface area contributed by atoms with Crippen LogP contribution in [0.25, 0.3) is 16.7 Å². The summed E-state index contributed by atoms with van der Waals surface area (Å²) in [5.41, 5.74) is 4.09. The molecule has 1 aliphatic rings. The van der Waals surface area contributed by atoms with Gasteiger partial charge in [0, 0.05) is 22.9 Å². The van der Waals surface area contributed by atoms with Crippen LogP contribution in [0.15, 0.2) is 41.2 Å². The minimum atomic E-state index is -0.0547. The van der Waals surface area contributed by atoms with Gasteiger partial charge in [-0.05, 0) is 25.3 Å². The Morgan fingerprint density at radius 3 is 2.83 bits per heavy atom. The quantitative estimate of drug-likeness (QED) is 0.784. The number of aromatic nitrogens is 4. The maximum absolute atomic E-state index is 12.7. The minimum absolute atomic E-state index is 0.0547. The van der Waals surface area contributed by atoms with Crippen LogP contribution in [-0.4, -0.2) is 19.6 Å². The maximum Gasteiger partial charge on any atom is 0.253 e. The van der Waals surface area contributed by atoms with E-state index in [0.29, 0.717) is 11.6 Å². The van der Waals surface area contributed by atoms with Gasteiger partial charge >= 0.3 is 0 Å². The Labute approximate surface area is 139 Å². The first-order chi connectivity index (χ1) is 11.5. The topological polar surface area (TPSA) is 63.1 Å². The molecule has 0 amide bonds. The van der Waals surface area contributed by atoms with Crippen molar-refractivity contribution in [3.8, 4) is 0 Å². The highest BCUT2D eigenvalue weighted by atomic mass is 16.1. The van der Waals surface area contributed by atoms with E-state index in [0.717, 1.165) is 34.4 Å². The number of allylic oxidation sites excluding steroid dienone is 4. The van der Waals surface area contributed by atoms with Gasteiger partial charge in [-0.25, -0.2) is 4.98 Å². The third-order valence-corrected chi connectivity index (χ3v) is 4.61.